The minimum atomic E-state index is -1.02. The van der Waals surface area contributed by atoms with Crippen LogP contribution in [0.2, 0.25) is 0 Å². The molecule has 2 heterocycles. The van der Waals surface area contributed by atoms with Crippen molar-refractivity contribution in [2.24, 2.45) is 11.8 Å². The van der Waals surface area contributed by atoms with E-state index in [4.69, 9.17) is 4.74 Å². The zero-order valence-corrected chi connectivity index (χ0v) is 14.5. The van der Waals surface area contributed by atoms with Gasteiger partial charge in [-0.15, -0.1) is 0 Å². The largest absolute Gasteiger partial charge is 0.481 e. The zero-order chi connectivity index (χ0) is 15.9. The lowest BCUT2D eigenvalue weighted by atomic mass is 9.82. The molecule has 116 valence electrons. The first-order valence-electron chi connectivity index (χ1n) is 6.75. The molecule has 1 saturated heterocycles. The maximum atomic E-state index is 12.5. The normalized spacial score (nSPS) is 29.7. The van der Waals surface area contributed by atoms with Gasteiger partial charge in [0.25, 0.3) is 0 Å². The molecule has 0 radical (unpaired) electrons. The minimum absolute atomic E-state index is 0.305. The molecule has 4 atom stereocenters. The number of nitrogens with one attached hydrogen (secondary N) is 1. The molecule has 2 aliphatic rings. The van der Waals surface area contributed by atoms with Gasteiger partial charge in [0.1, 0.15) is 18.1 Å². The number of aliphatic carboxylic acids is 1. The average molecular weight is 431 g/mol. The topological polar surface area (TPSA) is 75.6 Å². The lowest BCUT2D eigenvalue weighted by molar-refractivity contribution is -0.146. The summed E-state index contributed by atoms with van der Waals surface area (Å²) in [5, 5.41) is 12.2. The Hall–Kier alpha value is -1.18. The number of hydrogen-bond acceptors (Lipinski definition) is 3. The number of rotatable bonds is 4. The summed E-state index contributed by atoms with van der Waals surface area (Å²) >= 11 is 6.71. The van der Waals surface area contributed by atoms with Gasteiger partial charge in [0, 0.05) is 15.5 Å². The number of ether oxygens (including phenoxy) is 1. The summed E-state index contributed by atoms with van der Waals surface area (Å²) in [6.45, 7) is 0.363. The van der Waals surface area contributed by atoms with Crippen LogP contribution in [-0.2, 0) is 20.9 Å². The van der Waals surface area contributed by atoms with Crippen molar-refractivity contribution in [3.05, 3.63) is 44.9 Å². The summed E-state index contributed by atoms with van der Waals surface area (Å²) in [6.07, 6.45) is -1.15. The predicted molar refractivity (Wildman–Crippen MR) is 86.4 cm³/mol. The fourth-order valence-electron chi connectivity index (χ4n) is 2.90. The number of carbonyl (C=O) groups excluding carboxylic acids is 1. The molecule has 22 heavy (non-hydrogen) atoms. The average Bonchev–Trinajstić information content (AvgIpc) is 3.03. The van der Waals surface area contributed by atoms with E-state index in [1.165, 1.54) is 0 Å². The minimum Gasteiger partial charge on any atom is -0.481 e. The summed E-state index contributed by atoms with van der Waals surface area (Å²) in [4.78, 5) is 24.0. The van der Waals surface area contributed by atoms with E-state index in [9.17, 15) is 14.7 Å². The lowest BCUT2D eigenvalue weighted by Gasteiger charge is -2.24. The molecule has 5 nitrogen and oxygen atoms in total. The van der Waals surface area contributed by atoms with Crippen molar-refractivity contribution < 1.29 is 19.4 Å². The van der Waals surface area contributed by atoms with Gasteiger partial charge in [0.2, 0.25) is 5.91 Å². The molecular weight excluding hydrogens is 418 g/mol. The Balaban J connectivity index is 1.75. The fourth-order valence-corrected chi connectivity index (χ4v) is 4.13. The van der Waals surface area contributed by atoms with Crippen LogP contribution in [0.3, 0.4) is 0 Å². The molecule has 0 aromatic heterocycles. The zero-order valence-electron chi connectivity index (χ0n) is 11.3. The number of benzene rings is 1. The molecule has 1 aromatic carbocycles. The van der Waals surface area contributed by atoms with E-state index in [1.807, 2.05) is 30.3 Å². The Morgan fingerprint density at radius 3 is 2.27 bits per heavy atom. The Kier molecular flexibility index (Phi) is 4.38. The Bertz CT molecular complexity index is 646. The lowest BCUT2D eigenvalue weighted by Crippen LogP contribution is -2.43. The van der Waals surface area contributed by atoms with Crippen molar-refractivity contribution in [3.63, 3.8) is 0 Å². The van der Waals surface area contributed by atoms with Crippen molar-refractivity contribution in [3.8, 4) is 0 Å². The van der Waals surface area contributed by atoms with Crippen molar-refractivity contribution >= 4 is 43.7 Å². The highest BCUT2D eigenvalue weighted by molar-refractivity contribution is 9.14. The molecule has 2 N–H and O–H groups in total. The van der Waals surface area contributed by atoms with Crippen molar-refractivity contribution in [1.29, 1.82) is 0 Å². The van der Waals surface area contributed by atoms with Crippen LogP contribution in [0.4, 0.5) is 0 Å². The highest BCUT2D eigenvalue weighted by atomic mass is 79.9. The van der Waals surface area contributed by atoms with Gasteiger partial charge in [-0.2, -0.15) is 0 Å². The Morgan fingerprint density at radius 2 is 1.68 bits per heavy atom. The molecule has 0 unspecified atom stereocenters. The second kappa shape index (κ2) is 6.14. The highest BCUT2D eigenvalue weighted by Crippen LogP contribution is 2.51. The third-order valence-electron chi connectivity index (χ3n) is 3.96. The van der Waals surface area contributed by atoms with Crippen molar-refractivity contribution in [1.82, 2.24) is 5.32 Å². The predicted octanol–water partition coefficient (Wildman–Crippen LogP) is 2.40. The molecule has 7 heteroatoms. The number of amides is 1. The van der Waals surface area contributed by atoms with E-state index in [2.05, 4.69) is 37.2 Å². The SMILES string of the molecule is O=C(O)[C@@H]1[C@@H](C(=O)NCc2ccccc2)[C@H]2O[C@H]1C(Br)=C2Br. The second-order valence-corrected chi connectivity index (χ2v) is 6.98. The molecular formula is C15H13Br2NO4. The van der Waals surface area contributed by atoms with Gasteiger partial charge in [-0.05, 0) is 5.56 Å². The number of hydrogen-bond donors (Lipinski definition) is 2. The molecule has 2 aliphatic heterocycles. The number of carboxylic acids is 1. The second-order valence-electron chi connectivity index (χ2n) is 5.27. The summed E-state index contributed by atoms with van der Waals surface area (Å²) in [6, 6.07) is 9.48. The standard InChI is InChI=1S/C15H13Br2NO4/c16-10-11(17)13-9(15(20)21)8(12(10)22-13)14(19)18-6-7-4-2-1-3-5-7/h1-5,8-9,12-13H,6H2,(H,18,19)(H,20,21)/t8-,9-,12-,13-/m1/s1. The van der Waals surface area contributed by atoms with E-state index in [0.717, 1.165) is 10.0 Å². The maximum Gasteiger partial charge on any atom is 0.310 e. The van der Waals surface area contributed by atoms with E-state index < -0.39 is 30.0 Å². The Morgan fingerprint density at radius 1 is 1.09 bits per heavy atom. The molecule has 1 fully saturated rings. The summed E-state index contributed by atoms with van der Waals surface area (Å²) in [5.41, 5.74) is 0.961. The molecule has 2 bridgehead atoms. The van der Waals surface area contributed by atoms with Crippen LogP contribution in [0, 0.1) is 11.8 Å². The fraction of sp³-hybridized carbons (Fsp3) is 0.333. The van der Waals surface area contributed by atoms with Gasteiger partial charge in [0.05, 0.1) is 5.92 Å². The Labute approximate surface area is 144 Å². The van der Waals surface area contributed by atoms with Crippen molar-refractivity contribution in [2.75, 3.05) is 0 Å². The molecule has 1 aromatic rings. The first-order chi connectivity index (χ1) is 10.5. The van der Waals surface area contributed by atoms with Gasteiger partial charge in [-0.25, -0.2) is 0 Å². The van der Waals surface area contributed by atoms with Crippen LogP contribution in [-0.4, -0.2) is 29.2 Å². The molecule has 0 spiro atoms. The maximum absolute atomic E-state index is 12.5. The number of fused-ring (bicyclic) bond motifs is 2. The van der Waals surface area contributed by atoms with Crippen LogP contribution in [0.15, 0.2) is 39.3 Å². The number of carboxylic acid groups (broad SMARTS) is 1. The van der Waals surface area contributed by atoms with Crippen LogP contribution >= 0.6 is 31.9 Å². The number of halogens is 2. The molecule has 0 aliphatic carbocycles. The van der Waals surface area contributed by atoms with Crippen LogP contribution in [0.5, 0.6) is 0 Å². The quantitative estimate of drug-likeness (QED) is 0.769. The van der Waals surface area contributed by atoms with Crippen LogP contribution in [0.1, 0.15) is 5.56 Å². The van der Waals surface area contributed by atoms with E-state index in [1.54, 1.807) is 0 Å². The summed E-state index contributed by atoms with van der Waals surface area (Å²) in [5.74, 6) is -2.94. The van der Waals surface area contributed by atoms with Crippen molar-refractivity contribution in [2.45, 2.75) is 18.8 Å². The van der Waals surface area contributed by atoms with E-state index in [0.29, 0.717) is 11.0 Å². The summed E-state index contributed by atoms with van der Waals surface area (Å²) in [7, 11) is 0. The third-order valence-corrected chi connectivity index (χ3v) is 6.25. The smallest absolute Gasteiger partial charge is 0.310 e. The van der Waals surface area contributed by atoms with E-state index in [-0.39, 0.29) is 5.91 Å². The first kappa shape index (κ1) is 15.7. The van der Waals surface area contributed by atoms with Crippen LogP contribution in [0.25, 0.3) is 0 Å². The van der Waals surface area contributed by atoms with Gasteiger partial charge in [-0.3, -0.25) is 9.59 Å². The third kappa shape index (κ3) is 2.61. The molecule has 3 rings (SSSR count). The highest BCUT2D eigenvalue weighted by Gasteiger charge is 2.58. The van der Waals surface area contributed by atoms with E-state index >= 15 is 0 Å². The van der Waals surface area contributed by atoms with Gasteiger partial charge in [-0.1, -0.05) is 62.2 Å². The monoisotopic (exact) mass is 429 g/mol. The van der Waals surface area contributed by atoms with Gasteiger partial charge in [0.15, 0.2) is 0 Å². The molecule has 1 amide bonds. The first-order valence-corrected chi connectivity index (χ1v) is 8.34. The molecule has 0 saturated carbocycles. The van der Waals surface area contributed by atoms with Crippen LogP contribution < -0.4 is 5.32 Å². The summed E-state index contributed by atoms with van der Waals surface area (Å²) < 4.78 is 7.04. The van der Waals surface area contributed by atoms with Gasteiger partial charge < -0.3 is 15.2 Å². The van der Waals surface area contributed by atoms with Gasteiger partial charge >= 0.3 is 5.97 Å². The number of carbonyl (C=O) groups is 2.